The molecule has 1 N–H and O–H groups in total. The fourth-order valence-electron chi connectivity index (χ4n) is 4.76. The average Bonchev–Trinajstić information content (AvgIpc) is 3.18. The molecule has 1 heterocycles. The second kappa shape index (κ2) is 11.8. The van der Waals surface area contributed by atoms with E-state index in [1.807, 2.05) is 27.7 Å². The van der Waals surface area contributed by atoms with Crippen molar-refractivity contribution >= 4 is 34.7 Å². The molecule has 0 aliphatic carbocycles. The van der Waals surface area contributed by atoms with Gasteiger partial charge in [0.1, 0.15) is 11.5 Å². The molecule has 39 heavy (non-hydrogen) atoms. The van der Waals surface area contributed by atoms with Crippen molar-refractivity contribution in [2.45, 2.75) is 39.7 Å². The average molecular weight is 550 g/mol. The van der Waals surface area contributed by atoms with Crippen LogP contribution in [0.4, 0.5) is 5.69 Å². The van der Waals surface area contributed by atoms with Crippen LogP contribution in [0.1, 0.15) is 56.3 Å². The molecule has 0 radical (unpaired) electrons. The van der Waals surface area contributed by atoms with E-state index in [-0.39, 0.29) is 17.3 Å². The van der Waals surface area contributed by atoms with E-state index >= 15 is 0 Å². The molecule has 0 saturated carbocycles. The summed E-state index contributed by atoms with van der Waals surface area (Å²) in [6.07, 6.45) is 0. The number of aliphatic hydroxyl groups is 1. The fraction of sp³-hybridized carbons (Fsp3) is 0.290. The fourth-order valence-corrected chi connectivity index (χ4v) is 4.95. The molecule has 4 rings (SSSR count). The van der Waals surface area contributed by atoms with Crippen LogP contribution in [0.5, 0.6) is 17.2 Å². The summed E-state index contributed by atoms with van der Waals surface area (Å²) < 4.78 is 17.0. The van der Waals surface area contributed by atoms with Gasteiger partial charge in [-0.25, -0.2) is 0 Å². The number of Topliss-reactive ketones (excluding diaryl/α,β-unsaturated/α-hetero) is 1. The summed E-state index contributed by atoms with van der Waals surface area (Å²) in [4.78, 5) is 28.4. The molecular formula is C31H32ClNO6. The summed E-state index contributed by atoms with van der Waals surface area (Å²) in [5, 5.41) is 12.0. The topological polar surface area (TPSA) is 85.3 Å². The van der Waals surface area contributed by atoms with E-state index in [1.165, 1.54) is 12.0 Å². The second-order valence-corrected chi connectivity index (χ2v) is 9.77. The van der Waals surface area contributed by atoms with Crippen LogP contribution in [0.3, 0.4) is 0 Å². The Bertz CT molecular complexity index is 1430. The Kier molecular flexibility index (Phi) is 8.51. The van der Waals surface area contributed by atoms with Crippen molar-refractivity contribution in [1.82, 2.24) is 0 Å². The highest BCUT2D eigenvalue weighted by atomic mass is 35.5. The van der Waals surface area contributed by atoms with Gasteiger partial charge in [0, 0.05) is 16.3 Å². The molecule has 1 unspecified atom stereocenters. The Morgan fingerprint density at radius 3 is 2.28 bits per heavy atom. The highest BCUT2D eigenvalue weighted by molar-refractivity contribution is 6.51. The number of carbonyl (C=O) groups excluding carboxylic acids is 2. The summed E-state index contributed by atoms with van der Waals surface area (Å²) in [6, 6.07) is 16.2. The molecule has 0 aromatic heterocycles. The Balaban J connectivity index is 1.97. The minimum atomic E-state index is -0.942. The molecule has 1 aliphatic rings. The molecule has 1 atom stereocenters. The number of ketones is 1. The van der Waals surface area contributed by atoms with E-state index in [1.54, 1.807) is 60.7 Å². The monoisotopic (exact) mass is 549 g/mol. The van der Waals surface area contributed by atoms with Crippen LogP contribution in [0, 0.1) is 0 Å². The zero-order valence-electron chi connectivity index (χ0n) is 22.7. The highest BCUT2D eigenvalue weighted by Crippen LogP contribution is 2.45. The lowest BCUT2D eigenvalue weighted by Gasteiger charge is -2.26. The van der Waals surface area contributed by atoms with Gasteiger partial charge in [-0.1, -0.05) is 37.6 Å². The van der Waals surface area contributed by atoms with Gasteiger partial charge in [0.05, 0.1) is 31.9 Å². The maximum atomic E-state index is 13.6. The molecule has 3 aromatic rings. The van der Waals surface area contributed by atoms with Gasteiger partial charge >= 0.3 is 0 Å². The van der Waals surface area contributed by atoms with Crippen LogP contribution in [0.15, 0.2) is 66.2 Å². The second-order valence-electron chi connectivity index (χ2n) is 9.33. The molecule has 1 amide bonds. The normalized spacial score (nSPS) is 16.6. The number of methoxy groups -OCH3 is 1. The van der Waals surface area contributed by atoms with Gasteiger partial charge < -0.3 is 19.3 Å². The molecule has 1 fully saturated rings. The van der Waals surface area contributed by atoms with Crippen LogP contribution in [0.2, 0.25) is 5.02 Å². The molecule has 0 bridgehead atoms. The number of rotatable bonds is 9. The lowest BCUT2D eigenvalue weighted by Crippen LogP contribution is -2.29. The third-order valence-corrected chi connectivity index (χ3v) is 6.77. The SMILES string of the molecule is CCOc1cc(C2/C(=C(\O)c3ccc(OCC)c(C(C)C)c3)C(=O)C(=O)N2c2cccc(Cl)c2)ccc1OC. The van der Waals surface area contributed by atoms with E-state index in [4.69, 9.17) is 25.8 Å². The van der Waals surface area contributed by atoms with Crippen molar-refractivity contribution < 1.29 is 28.9 Å². The molecule has 1 saturated heterocycles. The van der Waals surface area contributed by atoms with Crippen LogP contribution in [-0.4, -0.2) is 37.1 Å². The number of halogens is 1. The van der Waals surface area contributed by atoms with E-state index in [9.17, 15) is 14.7 Å². The van der Waals surface area contributed by atoms with Crippen molar-refractivity contribution in [3.8, 4) is 17.2 Å². The minimum absolute atomic E-state index is 0.0357. The van der Waals surface area contributed by atoms with E-state index in [2.05, 4.69) is 0 Å². The number of aliphatic hydroxyl groups excluding tert-OH is 1. The Labute approximate surface area is 233 Å². The van der Waals surface area contributed by atoms with Gasteiger partial charge in [-0.15, -0.1) is 0 Å². The maximum absolute atomic E-state index is 13.6. The summed E-state index contributed by atoms with van der Waals surface area (Å²) >= 11 is 6.26. The predicted molar refractivity (Wildman–Crippen MR) is 152 cm³/mol. The maximum Gasteiger partial charge on any atom is 0.300 e. The van der Waals surface area contributed by atoms with Crippen LogP contribution in [-0.2, 0) is 9.59 Å². The summed E-state index contributed by atoms with van der Waals surface area (Å²) in [5.41, 5.74) is 2.25. The number of anilines is 1. The van der Waals surface area contributed by atoms with Gasteiger partial charge in [0.2, 0.25) is 0 Å². The third-order valence-electron chi connectivity index (χ3n) is 6.54. The molecule has 204 valence electrons. The summed E-state index contributed by atoms with van der Waals surface area (Å²) in [6.45, 7) is 8.68. The van der Waals surface area contributed by atoms with Crippen molar-refractivity contribution in [3.05, 3.63) is 87.9 Å². The zero-order chi connectivity index (χ0) is 28.3. The number of benzene rings is 3. The van der Waals surface area contributed by atoms with E-state index < -0.39 is 17.7 Å². The van der Waals surface area contributed by atoms with Gasteiger partial charge in [-0.05, 0) is 79.4 Å². The number of ether oxygens (including phenoxy) is 3. The van der Waals surface area contributed by atoms with Gasteiger partial charge in [-0.2, -0.15) is 0 Å². The molecule has 1 aliphatic heterocycles. The zero-order valence-corrected chi connectivity index (χ0v) is 23.4. The lowest BCUT2D eigenvalue weighted by atomic mass is 9.93. The van der Waals surface area contributed by atoms with Crippen molar-refractivity contribution in [2.24, 2.45) is 0 Å². The minimum Gasteiger partial charge on any atom is -0.507 e. The Morgan fingerprint density at radius 2 is 1.64 bits per heavy atom. The summed E-state index contributed by atoms with van der Waals surface area (Å²) in [7, 11) is 1.54. The van der Waals surface area contributed by atoms with E-state index in [0.717, 1.165) is 5.56 Å². The number of hydrogen-bond donors (Lipinski definition) is 1. The highest BCUT2D eigenvalue weighted by Gasteiger charge is 2.47. The van der Waals surface area contributed by atoms with E-state index in [0.29, 0.717) is 52.3 Å². The largest absolute Gasteiger partial charge is 0.507 e. The lowest BCUT2D eigenvalue weighted by molar-refractivity contribution is -0.132. The first-order valence-electron chi connectivity index (χ1n) is 12.9. The number of carbonyl (C=O) groups is 2. The van der Waals surface area contributed by atoms with Gasteiger partial charge in [0.15, 0.2) is 11.5 Å². The van der Waals surface area contributed by atoms with Crippen molar-refractivity contribution in [2.75, 3.05) is 25.2 Å². The first kappa shape index (κ1) is 28.0. The number of amides is 1. The van der Waals surface area contributed by atoms with Crippen LogP contribution in [0.25, 0.3) is 5.76 Å². The molecule has 7 nitrogen and oxygen atoms in total. The Morgan fingerprint density at radius 1 is 0.949 bits per heavy atom. The number of hydrogen-bond acceptors (Lipinski definition) is 6. The summed E-state index contributed by atoms with van der Waals surface area (Å²) in [5.74, 6) is -0.0815. The Hall–Kier alpha value is -3.97. The molecular weight excluding hydrogens is 518 g/mol. The van der Waals surface area contributed by atoms with Crippen LogP contribution < -0.4 is 19.1 Å². The van der Waals surface area contributed by atoms with Gasteiger partial charge in [0.25, 0.3) is 11.7 Å². The quantitative estimate of drug-likeness (QED) is 0.178. The molecule has 8 heteroatoms. The standard InChI is InChI=1S/C31H32ClNO6/c1-6-38-24-13-12-20(15-23(24)18(3)4)29(34)27-28(19-11-14-25(37-5)26(16-19)39-7-2)33(31(36)30(27)35)22-10-8-9-21(32)17-22/h8-18,28,34H,6-7H2,1-5H3/b29-27+. The first-order chi connectivity index (χ1) is 18.7. The molecule has 0 spiro atoms. The molecule has 3 aromatic carbocycles. The van der Waals surface area contributed by atoms with Gasteiger partial charge in [-0.3, -0.25) is 14.5 Å². The van der Waals surface area contributed by atoms with Crippen molar-refractivity contribution in [1.29, 1.82) is 0 Å². The predicted octanol–water partition coefficient (Wildman–Crippen LogP) is 6.90. The van der Waals surface area contributed by atoms with Crippen LogP contribution >= 0.6 is 11.6 Å². The number of nitrogens with zero attached hydrogens (tertiary/aromatic N) is 1. The third kappa shape index (κ3) is 5.45. The first-order valence-corrected chi connectivity index (χ1v) is 13.2. The van der Waals surface area contributed by atoms with Crippen molar-refractivity contribution in [3.63, 3.8) is 0 Å². The smallest absolute Gasteiger partial charge is 0.300 e.